The minimum Gasteiger partial charge on any atom is -0.393 e. The zero-order valence-electron chi connectivity index (χ0n) is 14.2. The largest absolute Gasteiger partial charge is 0.522 e. The molecule has 6 nitrogen and oxygen atoms in total. The number of benzene rings is 1. The zero-order chi connectivity index (χ0) is 18.9. The molecule has 1 aliphatic carbocycles. The van der Waals surface area contributed by atoms with E-state index in [1.54, 1.807) is 0 Å². The van der Waals surface area contributed by atoms with E-state index in [2.05, 4.69) is 19.9 Å². The Bertz CT molecular complexity index is 850. The summed E-state index contributed by atoms with van der Waals surface area (Å²) >= 11 is 0. The van der Waals surface area contributed by atoms with Crippen molar-refractivity contribution in [1.82, 2.24) is 9.97 Å². The topological polar surface area (TPSA) is 82.6 Å². The van der Waals surface area contributed by atoms with Gasteiger partial charge in [-0.15, -0.1) is 13.2 Å². The minimum absolute atomic E-state index is 0.322. The summed E-state index contributed by atoms with van der Waals surface area (Å²) in [6.45, 7) is 2.78. The van der Waals surface area contributed by atoms with Crippen molar-refractivity contribution in [2.45, 2.75) is 25.6 Å². The van der Waals surface area contributed by atoms with Crippen LogP contribution in [0.4, 0.5) is 19.0 Å². The van der Waals surface area contributed by atoms with Crippen molar-refractivity contribution in [1.29, 1.82) is 0 Å². The van der Waals surface area contributed by atoms with Gasteiger partial charge in [0.25, 0.3) is 0 Å². The summed E-state index contributed by atoms with van der Waals surface area (Å²) in [6, 6.07) is 7.42. The molecule has 9 heteroatoms. The van der Waals surface area contributed by atoms with E-state index in [1.807, 2.05) is 38.1 Å². The van der Waals surface area contributed by atoms with Gasteiger partial charge in [-0.1, -0.05) is 29.4 Å². The summed E-state index contributed by atoms with van der Waals surface area (Å²) < 4.78 is 39.8. The van der Waals surface area contributed by atoms with Gasteiger partial charge in [0.1, 0.15) is 18.8 Å². The van der Waals surface area contributed by atoms with E-state index in [-0.39, 0.29) is 6.61 Å². The molecule has 1 aliphatic rings. The van der Waals surface area contributed by atoms with Crippen LogP contribution < -0.4 is 5.73 Å². The second-order valence-electron chi connectivity index (χ2n) is 6.22. The molecule has 0 unspecified atom stereocenters. The number of hydrogen-bond donors (Lipinski definition) is 1. The van der Waals surface area contributed by atoms with E-state index in [1.165, 1.54) is 6.33 Å². The van der Waals surface area contributed by atoms with E-state index >= 15 is 0 Å². The van der Waals surface area contributed by atoms with Gasteiger partial charge in [0.15, 0.2) is 0 Å². The molecule has 0 spiro atoms. The number of oxime groups is 1. The molecule has 1 aromatic heterocycles. The van der Waals surface area contributed by atoms with E-state index in [4.69, 9.17) is 10.6 Å². The molecule has 0 aliphatic heterocycles. The van der Waals surface area contributed by atoms with E-state index in [9.17, 15) is 13.2 Å². The Morgan fingerprint density at radius 3 is 2.50 bits per heavy atom. The maximum atomic E-state index is 12.0. The fraction of sp³-hybridized carbons (Fsp3) is 0.353. The SMILES string of the molecule is CC1(C)C(=NOCCOC(F)(F)F)c2ccccc2-c2ncnc(N)c21. The first-order valence-corrected chi connectivity index (χ1v) is 7.83. The number of hydrogen-bond acceptors (Lipinski definition) is 6. The average molecular weight is 366 g/mol. The first kappa shape index (κ1) is 18.1. The lowest BCUT2D eigenvalue weighted by molar-refractivity contribution is -0.327. The van der Waals surface area contributed by atoms with E-state index < -0.39 is 18.4 Å². The Balaban J connectivity index is 1.96. The Labute approximate surface area is 147 Å². The molecular formula is C17H17F3N4O2. The monoisotopic (exact) mass is 366 g/mol. The van der Waals surface area contributed by atoms with Crippen LogP contribution in [0.1, 0.15) is 25.0 Å². The molecule has 0 fully saturated rings. The predicted molar refractivity (Wildman–Crippen MR) is 89.4 cm³/mol. The lowest BCUT2D eigenvalue weighted by Gasteiger charge is -2.34. The number of alkyl halides is 3. The minimum atomic E-state index is -4.70. The molecule has 2 aromatic rings. The molecule has 0 radical (unpaired) electrons. The van der Waals surface area contributed by atoms with Gasteiger partial charge in [-0.2, -0.15) is 0 Å². The maximum Gasteiger partial charge on any atom is 0.522 e. The molecule has 0 atom stereocenters. The molecule has 1 heterocycles. The van der Waals surface area contributed by atoms with Crippen molar-refractivity contribution in [2.24, 2.45) is 5.16 Å². The Hall–Kier alpha value is -2.68. The van der Waals surface area contributed by atoms with Gasteiger partial charge in [-0.25, -0.2) is 9.97 Å². The van der Waals surface area contributed by atoms with Gasteiger partial charge >= 0.3 is 6.36 Å². The molecule has 2 N–H and O–H groups in total. The molecule has 138 valence electrons. The number of nitrogen functional groups attached to an aromatic ring is 1. The van der Waals surface area contributed by atoms with Crippen LogP contribution in [0.25, 0.3) is 11.3 Å². The van der Waals surface area contributed by atoms with Crippen molar-refractivity contribution in [3.8, 4) is 11.3 Å². The van der Waals surface area contributed by atoms with Crippen molar-refractivity contribution in [3.63, 3.8) is 0 Å². The summed E-state index contributed by atoms with van der Waals surface area (Å²) in [6.07, 6.45) is -3.30. The van der Waals surface area contributed by atoms with Gasteiger partial charge in [0, 0.05) is 22.1 Å². The van der Waals surface area contributed by atoms with Gasteiger partial charge in [0.2, 0.25) is 0 Å². The predicted octanol–water partition coefficient (Wildman–Crippen LogP) is 3.27. The van der Waals surface area contributed by atoms with Crippen molar-refractivity contribution in [2.75, 3.05) is 18.9 Å². The third-order valence-corrected chi connectivity index (χ3v) is 4.13. The summed E-state index contributed by atoms with van der Waals surface area (Å²) in [7, 11) is 0. The van der Waals surface area contributed by atoms with Gasteiger partial charge in [-0.3, -0.25) is 4.74 Å². The number of nitrogens with two attached hydrogens (primary N) is 1. The van der Waals surface area contributed by atoms with E-state index in [0.717, 1.165) is 11.1 Å². The standard InChI is InChI=1S/C17H17F3N4O2/c1-16(2)12-13(22-9-23-15(12)21)10-5-3-4-6-11(10)14(16)24-26-8-7-25-17(18,19)20/h3-6,9H,7-8H2,1-2H3,(H2,21,22,23). The molecule has 3 rings (SSSR count). The zero-order valence-corrected chi connectivity index (χ0v) is 14.2. The second-order valence-corrected chi connectivity index (χ2v) is 6.22. The van der Waals surface area contributed by atoms with Crippen LogP contribution in [0.15, 0.2) is 35.7 Å². The fourth-order valence-electron chi connectivity index (χ4n) is 3.04. The second kappa shape index (κ2) is 6.56. The fourth-order valence-corrected chi connectivity index (χ4v) is 3.04. The number of rotatable bonds is 4. The number of aromatic nitrogens is 2. The normalized spacial score (nSPS) is 16.9. The maximum absolute atomic E-state index is 12.0. The third kappa shape index (κ3) is 3.34. The van der Waals surface area contributed by atoms with Crippen LogP contribution in [0.2, 0.25) is 0 Å². The highest BCUT2D eigenvalue weighted by molar-refractivity contribution is 6.15. The van der Waals surface area contributed by atoms with Crippen LogP contribution in [0.5, 0.6) is 0 Å². The van der Waals surface area contributed by atoms with Crippen LogP contribution in [-0.4, -0.2) is 35.3 Å². The summed E-state index contributed by atoms with van der Waals surface area (Å²) in [5.74, 6) is 0.322. The lowest BCUT2D eigenvalue weighted by atomic mass is 9.70. The Morgan fingerprint density at radius 1 is 1.12 bits per heavy atom. The number of nitrogens with zero attached hydrogens (tertiary/aromatic N) is 3. The summed E-state index contributed by atoms with van der Waals surface area (Å²) in [5, 5.41) is 4.10. The first-order valence-electron chi connectivity index (χ1n) is 7.83. The molecule has 0 bridgehead atoms. The molecule has 1 aromatic carbocycles. The highest BCUT2D eigenvalue weighted by Crippen LogP contribution is 2.44. The van der Waals surface area contributed by atoms with Crippen molar-refractivity contribution < 1.29 is 22.7 Å². The quantitative estimate of drug-likeness (QED) is 0.663. The number of halogens is 3. The third-order valence-electron chi connectivity index (χ3n) is 4.13. The van der Waals surface area contributed by atoms with E-state index in [0.29, 0.717) is 22.8 Å². The summed E-state index contributed by atoms with van der Waals surface area (Å²) in [5.41, 5.74) is 8.91. The number of fused-ring (bicyclic) bond motifs is 3. The smallest absolute Gasteiger partial charge is 0.393 e. The number of ether oxygens (including phenoxy) is 1. The van der Waals surface area contributed by atoms with Crippen LogP contribution in [-0.2, 0) is 15.0 Å². The van der Waals surface area contributed by atoms with Gasteiger partial charge < -0.3 is 10.6 Å². The molecule has 0 saturated carbocycles. The summed E-state index contributed by atoms with van der Waals surface area (Å²) in [4.78, 5) is 13.5. The molecule has 0 amide bonds. The molecular weight excluding hydrogens is 349 g/mol. The highest BCUT2D eigenvalue weighted by atomic mass is 19.4. The molecule has 0 saturated heterocycles. The average Bonchev–Trinajstić information content (AvgIpc) is 2.56. The number of anilines is 1. The Morgan fingerprint density at radius 2 is 1.81 bits per heavy atom. The highest BCUT2D eigenvalue weighted by Gasteiger charge is 2.40. The lowest BCUT2D eigenvalue weighted by Crippen LogP contribution is -2.36. The first-order chi connectivity index (χ1) is 12.2. The Kier molecular flexibility index (Phi) is 4.57. The van der Waals surface area contributed by atoms with Crippen LogP contribution in [0, 0.1) is 0 Å². The molecule has 26 heavy (non-hydrogen) atoms. The van der Waals surface area contributed by atoms with Crippen LogP contribution >= 0.6 is 0 Å². The van der Waals surface area contributed by atoms with Crippen molar-refractivity contribution in [3.05, 3.63) is 41.7 Å². The van der Waals surface area contributed by atoms with Gasteiger partial charge in [-0.05, 0) is 13.8 Å². The van der Waals surface area contributed by atoms with Gasteiger partial charge in [0.05, 0.1) is 18.0 Å². The van der Waals surface area contributed by atoms with Crippen LogP contribution in [0.3, 0.4) is 0 Å². The van der Waals surface area contributed by atoms with Crippen molar-refractivity contribution >= 4 is 11.5 Å².